The molecule has 1 aromatic heterocycles. The van der Waals surface area contributed by atoms with Crippen molar-refractivity contribution in [3.8, 4) is 0 Å². The van der Waals surface area contributed by atoms with Gasteiger partial charge in [0.15, 0.2) is 0 Å². The van der Waals surface area contributed by atoms with E-state index in [1.807, 2.05) is 7.05 Å². The van der Waals surface area contributed by atoms with Crippen LogP contribution in [0.25, 0.3) is 6.08 Å². The number of thiophene rings is 1. The van der Waals surface area contributed by atoms with Crippen LogP contribution in [0.15, 0.2) is 21.3 Å². The lowest BCUT2D eigenvalue weighted by Crippen LogP contribution is -2.17. The summed E-state index contributed by atoms with van der Waals surface area (Å²) in [6.45, 7) is 2.12. The number of rotatable bonds is 3. The zero-order valence-electron chi connectivity index (χ0n) is 7.17. The summed E-state index contributed by atoms with van der Waals surface area (Å²) in [6.07, 6.45) is 4.27. The zero-order valence-corrected chi connectivity index (χ0v) is 9.58. The van der Waals surface area contributed by atoms with Crippen LogP contribution < -0.4 is 5.32 Å². The molecule has 0 saturated heterocycles. The quantitative estimate of drug-likeness (QED) is 0.863. The molecule has 66 valence electrons. The first kappa shape index (κ1) is 9.96. The molecule has 1 aromatic rings. The highest BCUT2D eigenvalue weighted by Crippen LogP contribution is 2.22. The molecule has 1 unspecified atom stereocenters. The van der Waals surface area contributed by atoms with Crippen molar-refractivity contribution >= 4 is 33.3 Å². The van der Waals surface area contributed by atoms with Crippen molar-refractivity contribution in [3.05, 3.63) is 26.9 Å². The van der Waals surface area contributed by atoms with E-state index in [1.54, 1.807) is 11.3 Å². The molecule has 1 atom stereocenters. The van der Waals surface area contributed by atoms with Gasteiger partial charge in [0.2, 0.25) is 0 Å². The Kier molecular flexibility index (Phi) is 3.98. The van der Waals surface area contributed by atoms with Crippen molar-refractivity contribution < 1.29 is 0 Å². The fraction of sp³-hybridized carbons (Fsp3) is 0.333. The maximum atomic E-state index is 3.48. The first-order chi connectivity index (χ1) is 5.74. The molecule has 0 radical (unpaired) electrons. The Balaban J connectivity index is 2.63. The molecule has 1 rings (SSSR count). The van der Waals surface area contributed by atoms with Gasteiger partial charge in [0.25, 0.3) is 0 Å². The van der Waals surface area contributed by atoms with Crippen molar-refractivity contribution in [1.82, 2.24) is 5.32 Å². The molecule has 0 aliphatic heterocycles. The Bertz CT molecular complexity index is 267. The molecule has 0 aliphatic rings. The number of halogens is 1. The predicted molar refractivity (Wildman–Crippen MR) is 59.6 cm³/mol. The van der Waals surface area contributed by atoms with Crippen LogP contribution in [0.4, 0.5) is 0 Å². The summed E-state index contributed by atoms with van der Waals surface area (Å²) in [5.41, 5.74) is 1.25. The first-order valence-electron chi connectivity index (χ1n) is 3.81. The van der Waals surface area contributed by atoms with Gasteiger partial charge in [-0.05, 0) is 40.8 Å². The van der Waals surface area contributed by atoms with Gasteiger partial charge in [-0.3, -0.25) is 0 Å². The highest BCUT2D eigenvalue weighted by atomic mass is 79.9. The molecule has 0 saturated carbocycles. The minimum absolute atomic E-state index is 0.428. The van der Waals surface area contributed by atoms with Crippen molar-refractivity contribution in [3.63, 3.8) is 0 Å². The second kappa shape index (κ2) is 4.80. The third-order valence-electron chi connectivity index (χ3n) is 1.66. The van der Waals surface area contributed by atoms with E-state index in [-0.39, 0.29) is 0 Å². The van der Waals surface area contributed by atoms with E-state index in [9.17, 15) is 0 Å². The Morgan fingerprint density at radius 3 is 2.83 bits per heavy atom. The summed E-state index contributed by atoms with van der Waals surface area (Å²) in [5.74, 6) is 0. The van der Waals surface area contributed by atoms with Gasteiger partial charge >= 0.3 is 0 Å². The topological polar surface area (TPSA) is 12.0 Å². The SMILES string of the molecule is CNC(C)/C=C/c1cscc1Br. The predicted octanol–water partition coefficient (Wildman–Crippen LogP) is 3.13. The van der Waals surface area contributed by atoms with Crippen LogP contribution in [0, 0.1) is 0 Å². The molecule has 0 bridgehead atoms. The van der Waals surface area contributed by atoms with Gasteiger partial charge in [0.1, 0.15) is 0 Å². The Labute approximate surface area is 85.6 Å². The Morgan fingerprint density at radius 2 is 2.33 bits per heavy atom. The summed E-state index contributed by atoms with van der Waals surface area (Å²) < 4.78 is 1.17. The van der Waals surface area contributed by atoms with Gasteiger partial charge < -0.3 is 5.32 Å². The van der Waals surface area contributed by atoms with Gasteiger partial charge in [0.05, 0.1) is 0 Å². The largest absolute Gasteiger partial charge is 0.314 e. The number of nitrogens with one attached hydrogen (secondary N) is 1. The minimum Gasteiger partial charge on any atom is -0.314 e. The second-order valence-electron chi connectivity index (χ2n) is 2.61. The molecule has 0 aliphatic carbocycles. The molecule has 0 spiro atoms. The third kappa shape index (κ3) is 2.73. The van der Waals surface area contributed by atoms with Crippen molar-refractivity contribution in [2.75, 3.05) is 7.05 Å². The molecule has 0 fully saturated rings. The average Bonchev–Trinajstić information content (AvgIpc) is 2.47. The van der Waals surface area contributed by atoms with Gasteiger partial charge in [-0.25, -0.2) is 0 Å². The highest BCUT2D eigenvalue weighted by Gasteiger charge is 1.96. The van der Waals surface area contributed by atoms with Crippen LogP contribution in [0.2, 0.25) is 0 Å². The van der Waals surface area contributed by atoms with Crippen LogP contribution in [0.1, 0.15) is 12.5 Å². The molecule has 12 heavy (non-hydrogen) atoms. The summed E-state index contributed by atoms with van der Waals surface area (Å²) in [5, 5.41) is 7.36. The molecule has 1 nitrogen and oxygen atoms in total. The number of hydrogen-bond donors (Lipinski definition) is 1. The van der Waals surface area contributed by atoms with E-state index in [1.165, 1.54) is 10.0 Å². The first-order valence-corrected chi connectivity index (χ1v) is 5.54. The van der Waals surface area contributed by atoms with Crippen LogP contribution in [0.3, 0.4) is 0 Å². The molecular formula is C9H12BrNS. The molecular weight excluding hydrogens is 234 g/mol. The van der Waals surface area contributed by atoms with Gasteiger partial charge in [-0.2, -0.15) is 11.3 Å². The summed E-state index contributed by atoms with van der Waals surface area (Å²) in [6, 6.07) is 0.428. The van der Waals surface area contributed by atoms with Gasteiger partial charge in [0, 0.05) is 15.9 Å². The van der Waals surface area contributed by atoms with E-state index in [0.29, 0.717) is 6.04 Å². The number of hydrogen-bond acceptors (Lipinski definition) is 2. The lowest BCUT2D eigenvalue weighted by atomic mass is 10.2. The summed E-state index contributed by atoms with van der Waals surface area (Å²) in [4.78, 5) is 0. The Hall–Kier alpha value is -0.120. The molecule has 3 heteroatoms. The lowest BCUT2D eigenvalue weighted by Gasteiger charge is -2.01. The van der Waals surface area contributed by atoms with E-state index < -0.39 is 0 Å². The Morgan fingerprint density at radius 1 is 1.58 bits per heavy atom. The minimum atomic E-state index is 0.428. The van der Waals surface area contributed by atoms with E-state index in [0.717, 1.165) is 0 Å². The standard InChI is InChI=1S/C9H12BrNS/c1-7(11-2)3-4-8-5-12-6-9(8)10/h3-7,11H,1-2H3/b4-3+. The average molecular weight is 246 g/mol. The zero-order chi connectivity index (χ0) is 8.97. The molecule has 1 heterocycles. The molecule has 0 amide bonds. The number of likely N-dealkylation sites (N-methyl/N-ethyl adjacent to an activating group) is 1. The molecule has 1 N–H and O–H groups in total. The second-order valence-corrected chi connectivity index (χ2v) is 4.21. The van der Waals surface area contributed by atoms with E-state index in [4.69, 9.17) is 0 Å². The smallest absolute Gasteiger partial charge is 0.0354 e. The summed E-state index contributed by atoms with van der Waals surface area (Å²) in [7, 11) is 1.96. The van der Waals surface area contributed by atoms with Crippen molar-refractivity contribution in [1.29, 1.82) is 0 Å². The van der Waals surface area contributed by atoms with E-state index in [2.05, 4.69) is 51.1 Å². The van der Waals surface area contributed by atoms with Crippen LogP contribution in [-0.4, -0.2) is 13.1 Å². The van der Waals surface area contributed by atoms with Crippen LogP contribution >= 0.6 is 27.3 Å². The van der Waals surface area contributed by atoms with E-state index >= 15 is 0 Å². The summed E-state index contributed by atoms with van der Waals surface area (Å²) >= 11 is 5.18. The highest BCUT2D eigenvalue weighted by molar-refractivity contribution is 9.10. The molecule has 0 aromatic carbocycles. The van der Waals surface area contributed by atoms with Crippen LogP contribution in [-0.2, 0) is 0 Å². The third-order valence-corrected chi connectivity index (χ3v) is 3.41. The van der Waals surface area contributed by atoms with Crippen molar-refractivity contribution in [2.24, 2.45) is 0 Å². The lowest BCUT2D eigenvalue weighted by molar-refractivity contribution is 0.731. The fourth-order valence-electron chi connectivity index (χ4n) is 0.755. The van der Waals surface area contributed by atoms with Gasteiger partial charge in [-0.15, -0.1) is 0 Å². The van der Waals surface area contributed by atoms with Gasteiger partial charge in [-0.1, -0.05) is 12.2 Å². The van der Waals surface area contributed by atoms with Crippen LogP contribution in [0.5, 0.6) is 0 Å². The normalized spacial score (nSPS) is 13.9. The monoisotopic (exact) mass is 245 g/mol. The fourth-order valence-corrected chi connectivity index (χ4v) is 2.15. The maximum Gasteiger partial charge on any atom is 0.0354 e. The maximum absolute atomic E-state index is 3.48. The van der Waals surface area contributed by atoms with Crippen molar-refractivity contribution in [2.45, 2.75) is 13.0 Å².